The summed E-state index contributed by atoms with van der Waals surface area (Å²) in [6, 6.07) is 17.7. The molecule has 28 heavy (non-hydrogen) atoms. The lowest BCUT2D eigenvalue weighted by Gasteiger charge is -2.12. The van der Waals surface area contributed by atoms with Crippen LogP contribution < -0.4 is 11.0 Å². The maximum Gasteiger partial charge on any atom is 0.267 e. The number of hydrogen-bond donors (Lipinski definition) is 2. The van der Waals surface area contributed by atoms with Gasteiger partial charge in [-0.05, 0) is 42.5 Å². The number of pyridine rings is 2. The Bertz CT molecular complexity index is 1220. The number of fused-ring (bicyclic) bond motifs is 1. The van der Waals surface area contributed by atoms with E-state index in [0.29, 0.717) is 27.8 Å². The van der Waals surface area contributed by atoms with Gasteiger partial charge in [-0.15, -0.1) is 0 Å². The largest absolute Gasteiger partial charge is 0.494 e. The monoisotopic (exact) mass is 374 g/mol. The number of aromatic hydroxyl groups is 1. The molecule has 2 aromatic heterocycles. The van der Waals surface area contributed by atoms with Crippen LogP contribution in [0.4, 0.5) is 10.1 Å². The summed E-state index contributed by atoms with van der Waals surface area (Å²) in [7, 11) is 0. The van der Waals surface area contributed by atoms with Crippen LogP contribution in [0.2, 0.25) is 0 Å². The summed E-state index contributed by atoms with van der Waals surface area (Å²) in [5.74, 6) is -0.315. The molecule has 4 rings (SSSR count). The third-order valence-corrected chi connectivity index (χ3v) is 4.21. The fourth-order valence-corrected chi connectivity index (χ4v) is 2.88. The Hall–Kier alpha value is -4.00. The average molecular weight is 374 g/mol. The Morgan fingerprint density at radius 2 is 1.71 bits per heavy atom. The SMILES string of the molecule is O=c1c2ccccc2c(/C=N/Nc2ccc(F)cc2)c(O)n1-c1ccccn1. The van der Waals surface area contributed by atoms with Crippen molar-refractivity contribution in [3.8, 4) is 11.7 Å². The van der Waals surface area contributed by atoms with Crippen molar-refractivity contribution in [2.45, 2.75) is 0 Å². The molecule has 6 nitrogen and oxygen atoms in total. The van der Waals surface area contributed by atoms with E-state index in [2.05, 4.69) is 15.5 Å². The Balaban J connectivity index is 1.84. The van der Waals surface area contributed by atoms with Gasteiger partial charge in [0.15, 0.2) is 0 Å². The number of nitrogens with one attached hydrogen (secondary N) is 1. The lowest BCUT2D eigenvalue weighted by Crippen LogP contribution is -2.21. The van der Waals surface area contributed by atoms with Gasteiger partial charge in [-0.25, -0.2) is 13.9 Å². The molecule has 0 aliphatic rings. The fourth-order valence-electron chi connectivity index (χ4n) is 2.88. The number of halogens is 1. The van der Waals surface area contributed by atoms with Crippen LogP contribution in [-0.4, -0.2) is 20.9 Å². The standard InChI is InChI=1S/C21H15FN4O2/c22-14-8-10-15(11-9-14)25-24-13-18-16-5-1-2-6-17(16)20(27)26(21(18)28)19-7-3-4-12-23-19/h1-13,25,28H/b24-13+. The molecule has 0 unspecified atom stereocenters. The van der Waals surface area contributed by atoms with Crippen LogP contribution in [0.3, 0.4) is 0 Å². The zero-order chi connectivity index (χ0) is 19.5. The van der Waals surface area contributed by atoms with Gasteiger partial charge in [0.25, 0.3) is 5.56 Å². The molecule has 0 atom stereocenters. The van der Waals surface area contributed by atoms with Crippen LogP contribution in [0.25, 0.3) is 16.6 Å². The number of hydrogen-bond acceptors (Lipinski definition) is 5. The molecule has 2 N–H and O–H groups in total. The van der Waals surface area contributed by atoms with Crippen molar-refractivity contribution in [1.82, 2.24) is 9.55 Å². The first-order valence-corrected chi connectivity index (χ1v) is 8.48. The fraction of sp³-hybridized carbons (Fsp3) is 0. The summed E-state index contributed by atoms with van der Waals surface area (Å²) in [4.78, 5) is 17.1. The van der Waals surface area contributed by atoms with Crippen molar-refractivity contribution in [2.24, 2.45) is 5.10 Å². The average Bonchev–Trinajstić information content (AvgIpc) is 2.73. The number of nitrogens with zero attached hydrogens (tertiary/aromatic N) is 3. The maximum atomic E-state index is 13.0. The third-order valence-electron chi connectivity index (χ3n) is 4.21. The Morgan fingerprint density at radius 1 is 1.00 bits per heavy atom. The first kappa shape index (κ1) is 17.4. The Morgan fingerprint density at radius 3 is 2.43 bits per heavy atom. The molecule has 0 aliphatic carbocycles. The van der Waals surface area contributed by atoms with Crippen LogP contribution in [0.5, 0.6) is 5.88 Å². The molecular formula is C21H15FN4O2. The highest BCUT2D eigenvalue weighted by molar-refractivity contribution is 6.01. The smallest absolute Gasteiger partial charge is 0.267 e. The van der Waals surface area contributed by atoms with Crippen molar-refractivity contribution in [3.05, 3.63) is 94.7 Å². The predicted molar refractivity (Wildman–Crippen MR) is 107 cm³/mol. The molecule has 2 heterocycles. The molecule has 2 aromatic carbocycles. The van der Waals surface area contributed by atoms with Gasteiger partial charge >= 0.3 is 0 Å². The Kier molecular flexibility index (Phi) is 4.55. The van der Waals surface area contributed by atoms with Crippen molar-refractivity contribution >= 4 is 22.7 Å². The van der Waals surface area contributed by atoms with Gasteiger partial charge in [0.05, 0.1) is 17.5 Å². The van der Waals surface area contributed by atoms with Crippen LogP contribution in [0.15, 0.2) is 82.8 Å². The first-order valence-electron chi connectivity index (χ1n) is 8.48. The van der Waals surface area contributed by atoms with Gasteiger partial charge in [-0.3, -0.25) is 10.2 Å². The van der Waals surface area contributed by atoms with E-state index in [1.54, 1.807) is 60.8 Å². The molecule has 0 aliphatic heterocycles. The maximum absolute atomic E-state index is 13.0. The molecular weight excluding hydrogens is 359 g/mol. The van der Waals surface area contributed by atoms with E-state index in [4.69, 9.17) is 0 Å². The molecule has 0 amide bonds. The second kappa shape index (κ2) is 7.32. The summed E-state index contributed by atoms with van der Waals surface area (Å²) >= 11 is 0. The number of aromatic nitrogens is 2. The quantitative estimate of drug-likeness (QED) is 0.422. The van der Waals surface area contributed by atoms with Crippen molar-refractivity contribution in [1.29, 1.82) is 0 Å². The van der Waals surface area contributed by atoms with E-state index in [-0.39, 0.29) is 17.3 Å². The highest BCUT2D eigenvalue weighted by atomic mass is 19.1. The van der Waals surface area contributed by atoms with E-state index >= 15 is 0 Å². The molecule has 7 heteroatoms. The molecule has 0 spiro atoms. The second-order valence-corrected chi connectivity index (χ2v) is 5.99. The van der Waals surface area contributed by atoms with E-state index in [1.807, 2.05) is 0 Å². The summed E-state index contributed by atoms with van der Waals surface area (Å²) in [6.45, 7) is 0. The minimum absolute atomic E-state index is 0.271. The van der Waals surface area contributed by atoms with Crippen LogP contribution in [-0.2, 0) is 0 Å². The zero-order valence-electron chi connectivity index (χ0n) is 14.6. The topological polar surface area (TPSA) is 79.5 Å². The van der Waals surface area contributed by atoms with Gasteiger partial charge in [0.2, 0.25) is 5.88 Å². The summed E-state index contributed by atoms with van der Waals surface area (Å²) in [5.41, 5.74) is 3.34. The predicted octanol–water partition coefficient (Wildman–Crippen LogP) is 3.68. The van der Waals surface area contributed by atoms with Crippen LogP contribution in [0, 0.1) is 5.82 Å². The highest BCUT2D eigenvalue weighted by Gasteiger charge is 2.16. The third kappa shape index (κ3) is 3.21. The van der Waals surface area contributed by atoms with Gasteiger partial charge < -0.3 is 5.11 Å². The Labute approximate surface area is 159 Å². The molecule has 0 bridgehead atoms. The van der Waals surface area contributed by atoms with E-state index in [1.165, 1.54) is 18.3 Å². The minimum Gasteiger partial charge on any atom is -0.494 e. The normalized spacial score (nSPS) is 11.2. The zero-order valence-corrected chi connectivity index (χ0v) is 14.6. The van der Waals surface area contributed by atoms with E-state index in [9.17, 15) is 14.3 Å². The van der Waals surface area contributed by atoms with Crippen LogP contribution >= 0.6 is 0 Å². The number of hydrazone groups is 1. The van der Waals surface area contributed by atoms with Crippen molar-refractivity contribution < 1.29 is 9.50 Å². The number of anilines is 1. The van der Waals surface area contributed by atoms with Crippen molar-refractivity contribution in [3.63, 3.8) is 0 Å². The summed E-state index contributed by atoms with van der Waals surface area (Å²) < 4.78 is 14.1. The van der Waals surface area contributed by atoms with Gasteiger partial charge in [0.1, 0.15) is 11.6 Å². The molecule has 0 radical (unpaired) electrons. The molecule has 0 saturated heterocycles. The summed E-state index contributed by atoms with van der Waals surface area (Å²) in [5, 5.41) is 15.9. The van der Waals surface area contributed by atoms with E-state index in [0.717, 1.165) is 4.57 Å². The second-order valence-electron chi connectivity index (χ2n) is 5.99. The van der Waals surface area contributed by atoms with Crippen LogP contribution in [0.1, 0.15) is 5.56 Å². The highest BCUT2D eigenvalue weighted by Crippen LogP contribution is 2.25. The van der Waals surface area contributed by atoms with Gasteiger partial charge in [-0.1, -0.05) is 24.3 Å². The molecule has 138 valence electrons. The van der Waals surface area contributed by atoms with E-state index < -0.39 is 0 Å². The number of benzene rings is 2. The minimum atomic E-state index is -0.379. The lowest BCUT2D eigenvalue weighted by molar-refractivity contribution is 0.435. The summed E-state index contributed by atoms with van der Waals surface area (Å²) in [6.07, 6.45) is 2.96. The van der Waals surface area contributed by atoms with Crippen molar-refractivity contribution in [2.75, 3.05) is 5.43 Å². The van der Waals surface area contributed by atoms with Gasteiger partial charge in [-0.2, -0.15) is 5.10 Å². The molecule has 4 aromatic rings. The molecule has 0 saturated carbocycles. The van der Waals surface area contributed by atoms with Gasteiger partial charge in [0, 0.05) is 17.0 Å². The first-order chi connectivity index (χ1) is 13.6. The number of rotatable bonds is 4. The lowest BCUT2D eigenvalue weighted by atomic mass is 10.1. The molecule has 0 fully saturated rings.